The van der Waals surface area contributed by atoms with Gasteiger partial charge in [0.25, 0.3) is 0 Å². The minimum absolute atomic E-state index is 0. The number of aryl methyl sites for hydroxylation is 4. The third-order valence-electron chi connectivity index (χ3n) is 2.61. The number of halogens is 6. The van der Waals surface area contributed by atoms with Crippen molar-refractivity contribution in [2.75, 3.05) is 0 Å². The van der Waals surface area contributed by atoms with Crippen LogP contribution in [0.4, 0.5) is 0 Å². The molecular formula is C14H26Br6Hg2N4. The average Bonchev–Trinajstić information content (AvgIpc) is 2.90. The molecule has 0 atom stereocenters. The second-order valence-corrected chi connectivity index (χ2v) is 4.63. The topological polar surface area (TPSA) is 17.6 Å². The summed E-state index contributed by atoms with van der Waals surface area (Å²) in [5, 5.41) is 0. The van der Waals surface area contributed by atoms with E-state index in [1.807, 2.05) is 14.1 Å². The second-order valence-electron chi connectivity index (χ2n) is 4.63. The van der Waals surface area contributed by atoms with Gasteiger partial charge in [-0.25, -0.2) is 18.3 Å². The Hall–Kier alpha value is 3.17. The van der Waals surface area contributed by atoms with Crippen LogP contribution in [0.3, 0.4) is 0 Å². The molecule has 2 heterocycles. The van der Waals surface area contributed by atoms with Gasteiger partial charge in [0.2, 0.25) is 12.7 Å². The minimum Gasteiger partial charge on any atom is -1.00 e. The Balaban J connectivity index is -0.0000000318. The number of rotatable bonds is 4. The molecule has 12 heteroatoms. The summed E-state index contributed by atoms with van der Waals surface area (Å²) < 4.78 is 8.46. The fraction of sp³-hybridized carbons (Fsp3) is 0.571. The minimum atomic E-state index is 0. The molecule has 148 valence electrons. The summed E-state index contributed by atoms with van der Waals surface area (Å²) >= 11 is 0. The standard InChI is InChI=1S/2C7H13N2.6BrH.2Hg/c2*1-3-4-9-6-5-8(2)7-9;;;;;;;;/h2*5-7H,3-4H2,1-2H3;6*1H;;/q2*+1;;;;;;;2*+2/p-6. The maximum Gasteiger partial charge on any atom is 2.00 e. The molecule has 0 unspecified atom stereocenters. The average molecular weight is 1130 g/mol. The van der Waals surface area contributed by atoms with Crippen molar-refractivity contribution < 1.29 is 166 Å². The van der Waals surface area contributed by atoms with Crippen molar-refractivity contribution in [3.8, 4) is 0 Å². The van der Waals surface area contributed by atoms with Crippen LogP contribution in [0, 0.1) is 0 Å². The van der Waals surface area contributed by atoms with E-state index >= 15 is 0 Å². The molecule has 0 bridgehead atoms. The molecule has 0 aromatic carbocycles. The molecule has 0 spiro atoms. The third kappa shape index (κ3) is 25.2. The van der Waals surface area contributed by atoms with Crippen LogP contribution in [0.5, 0.6) is 0 Å². The summed E-state index contributed by atoms with van der Waals surface area (Å²) in [7, 11) is 4.07. The van der Waals surface area contributed by atoms with E-state index in [9.17, 15) is 0 Å². The van der Waals surface area contributed by atoms with Crippen molar-refractivity contribution in [3.63, 3.8) is 0 Å². The number of imidazole rings is 2. The van der Waals surface area contributed by atoms with Gasteiger partial charge in [0.15, 0.2) is 0 Å². The van der Waals surface area contributed by atoms with Gasteiger partial charge < -0.3 is 102 Å². The molecular weight excluding hydrogens is 1100 g/mol. The van der Waals surface area contributed by atoms with Crippen LogP contribution in [-0.4, -0.2) is 9.13 Å². The van der Waals surface area contributed by atoms with Crippen LogP contribution >= 0.6 is 0 Å². The molecule has 0 aliphatic carbocycles. The maximum absolute atomic E-state index is 2.18. The Morgan fingerprint density at radius 1 is 0.615 bits per heavy atom. The zero-order valence-electron chi connectivity index (χ0n) is 15.8. The largest absolute Gasteiger partial charge is 2.00 e. The van der Waals surface area contributed by atoms with Crippen LogP contribution in [0.15, 0.2) is 37.4 Å². The Morgan fingerprint density at radius 3 is 1.04 bits per heavy atom. The fourth-order valence-corrected chi connectivity index (χ4v) is 1.78. The predicted molar refractivity (Wildman–Crippen MR) is 71.8 cm³/mol. The van der Waals surface area contributed by atoms with Crippen LogP contribution in [0.2, 0.25) is 0 Å². The van der Waals surface area contributed by atoms with Crippen LogP contribution in [0.1, 0.15) is 26.7 Å². The Labute approximate surface area is 262 Å². The maximum atomic E-state index is 2.18. The zero-order valence-corrected chi connectivity index (χ0v) is 36.3. The van der Waals surface area contributed by atoms with Gasteiger partial charge in [-0.3, -0.25) is 0 Å². The van der Waals surface area contributed by atoms with Crippen molar-refractivity contribution >= 4 is 0 Å². The number of nitrogens with zero attached hydrogens (tertiary/aromatic N) is 4. The summed E-state index contributed by atoms with van der Waals surface area (Å²) in [6.45, 7) is 6.61. The molecule has 4 nitrogen and oxygen atoms in total. The quantitative estimate of drug-likeness (QED) is 0.215. The molecule has 2 aromatic rings. The van der Waals surface area contributed by atoms with Gasteiger partial charge in [-0.2, -0.15) is 0 Å². The van der Waals surface area contributed by atoms with Crippen molar-refractivity contribution in [1.29, 1.82) is 0 Å². The summed E-state index contributed by atoms with van der Waals surface area (Å²) in [5.41, 5.74) is 0. The molecule has 0 amide bonds. The Morgan fingerprint density at radius 2 is 0.885 bits per heavy atom. The molecule has 0 fully saturated rings. The molecule has 26 heavy (non-hydrogen) atoms. The summed E-state index contributed by atoms with van der Waals surface area (Å²) in [6, 6.07) is 0. The first-order valence-electron chi connectivity index (χ1n) is 6.67. The Bertz CT molecular complexity index is 429. The van der Waals surface area contributed by atoms with Crippen molar-refractivity contribution in [2.24, 2.45) is 14.1 Å². The van der Waals surface area contributed by atoms with Crippen molar-refractivity contribution in [1.82, 2.24) is 9.13 Å². The van der Waals surface area contributed by atoms with Crippen LogP contribution in [-0.2, 0) is 82.5 Å². The van der Waals surface area contributed by atoms with Gasteiger partial charge >= 0.3 is 55.3 Å². The monoisotopic (exact) mass is 1130 g/mol. The summed E-state index contributed by atoms with van der Waals surface area (Å²) in [5.74, 6) is 0. The first kappa shape index (κ1) is 51.6. The van der Waals surface area contributed by atoms with Gasteiger partial charge in [-0.1, -0.05) is 13.8 Å². The molecule has 2 rings (SSSR count). The van der Waals surface area contributed by atoms with Gasteiger partial charge in [0.1, 0.15) is 24.8 Å². The van der Waals surface area contributed by atoms with E-state index in [0.717, 1.165) is 13.1 Å². The van der Waals surface area contributed by atoms with Crippen LogP contribution < -0.4 is 111 Å². The molecule has 0 saturated heterocycles. The van der Waals surface area contributed by atoms with Gasteiger partial charge in [-0.05, 0) is 12.8 Å². The van der Waals surface area contributed by atoms with E-state index in [2.05, 4.69) is 69.6 Å². The smallest absolute Gasteiger partial charge is 1.00 e. The first-order chi connectivity index (χ1) is 8.65. The normalized spacial score (nSPS) is 6.92. The van der Waals surface area contributed by atoms with Crippen molar-refractivity contribution in [3.05, 3.63) is 37.4 Å². The first-order valence-corrected chi connectivity index (χ1v) is 6.67. The fourth-order valence-electron chi connectivity index (χ4n) is 1.78. The van der Waals surface area contributed by atoms with E-state index < -0.39 is 0 Å². The molecule has 0 radical (unpaired) electrons. The molecule has 0 aliphatic heterocycles. The number of aromatic nitrogens is 4. The van der Waals surface area contributed by atoms with Crippen LogP contribution in [0.25, 0.3) is 0 Å². The van der Waals surface area contributed by atoms with E-state index in [4.69, 9.17) is 0 Å². The zero-order chi connectivity index (χ0) is 13.4. The summed E-state index contributed by atoms with van der Waals surface area (Å²) in [6.07, 6.45) is 14.9. The molecule has 0 N–H and O–H groups in total. The summed E-state index contributed by atoms with van der Waals surface area (Å²) in [4.78, 5) is 0. The van der Waals surface area contributed by atoms with Gasteiger partial charge in [0.05, 0.1) is 27.2 Å². The van der Waals surface area contributed by atoms with Crippen molar-refractivity contribution in [2.45, 2.75) is 39.8 Å². The number of hydrogen-bond donors (Lipinski definition) is 0. The molecule has 2 aromatic heterocycles. The van der Waals surface area contributed by atoms with Gasteiger partial charge in [-0.15, -0.1) is 0 Å². The van der Waals surface area contributed by atoms with E-state index in [-0.39, 0.29) is 157 Å². The van der Waals surface area contributed by atoms with E-state index in [1.165, 1.54) is 12.8 Å². The SMILES string of the molecule is CCCn1cc[n+](C)c1.CCCn1cc[n+](C)c1.[Br-].[Br-].[Br-].[Br-].[Br-].[Br-].[Hg+2].[Hg+2]. The number of hydrogen-bond acceptors (Lipinski definition) is 0. The second kappa shape index (κ2) is 32.8. The third-order valence-corrected chi connectivity index (χ3v) is 2.61. The Kier molecular flexibility index (Phi) is 65.2. The predicted octanol–water partition coefficient (Wildman–Crippen LogP) is -16.5. The molecule has 0 saturated carbocycles. The van der Waals surface area contributed by atoms with Gasteiger partial charge in [0, 0.05) is 0 Å². The molecule has 0 aliphatic rings. The van der Waals surface area contributed by atoms with E-state index in [1.54, 1.807) is 0 Å². The van der Waals surface area contributed by atoms with E-state index in [0.29, 0.717) is 0 Å².